The van der Waals surface area contributed by atoms with Gasteiger partial charge in [-0.05, 0) is 0 Å². The first kappa shape index (κ1) is 9.09. The molecule has 0 radical (unpaired) electrons. The number of nitrogens with zero attached hydrogens (tertiary/aromatic N) is 3. The lowest BCUT2D eigenvalue weighted by molar-refractivity contribution is 0.136. The SMILES string of the molecule is CC(C)c1nnc(C(F)F)n1C. The highest BCUT2D eigenvalue weighted by Gasteiger charge is 2.18. The van der Waals surface area contributed by atoms with Gasteiger partial charge in [0.05, 0.1) is 0 Å². The molecule has 0 bridgehead atoms. The van der Waals surface area contributed by atoms with Crippen LogP contribution >= 0.6 is 0 Å². The zero-order chi connectivity index (χ0) is 9.30. The van der Waals surface area contributed by atoms with Gasteiger partial charge in [0.2, 0.25) is 0 Å². The molecule has 1 heterocycles. The van der Waals surface area contributed by atoms with Crippen LogP contribution in [0.25, 0.3) is 0 Å². The summed E-state index contributed by atoms with van der Waals surface area (Å²) >= 11 is 0. The van der Waals surface area contributed by atoms with Crippen LogP contribution in [0.15, 0.2) is 0 Å². The third kappa shape index (κ3) is 1.44. The molecule has 0 saturated carbocycles. The van der Waals surface area contributed by atoms with E-state index in [4.69, 9.17) is 0 Å². The van der Waals surface area contributed by atoms with E-state index in [0.717, 1.165) is 0 Å². The summed E-state index contributed by atoms with van der Waals surface area (Å²) in [6.45, 7) is 3.78. The van der Waals surface area contributed by atoms with E-state index in [1.165, 1.54) is 4.57 Å². The van der Waals surface area contributed by atoms with Gasteiger partial charge in [0.1, 0.15) is 5.82 Å². The van der Waals surface area contributed by atoms with E-state index in [1.807, 2.05) is 13.8 Å². The average Bonchev–Trinajstić information content (AvgIpc) is 2.30. The van der Waals surface area contributed by atoms with Crippen LogP contribution in [0.3, 0.4) is 0 Å². The highest BCUT2D eigenvalue weighted by Crippen LogP contribution is 2.19. The minimum absolute atomic E-state index is 0.120. The molecule has 0 atom stereocenters. The molecule has 1 aromatic rings. The van der Waals surface area contributed by atoms with Crippen LogP contribution in [0.1, 0.15) is 37.8 Å². The molecule has 0 aliphatic carbocycles. The highest BCUT2D eigenvalue weighted by molar-refractivity contribution is 4.99. The number of rotatable bonds is 2. The van der Waals surface area contributed by atoms with Crippen LogP contribution in [0.2, 0.25) is 0 Å². The van der Waals surface area contributed by atoms with Crippen molar-refractivity contribution in [3.8, 4) is 0 Å². The van der Waals surface area contributed by atoms with Gasteiger partial charge in [-0.2, -0.15) is 0 Å². The van der Waals surface area contributed by atoms with Crippen molar-refractivity contribution in [3.63, 3.8) is 0 Å². The maximum atomic E-state index is 12.2. The van der Waals surface area contributed by atoms with Gasteiger partial charge in [-0.25, -0.2) is 8.78 Å². The molecular formula is C7H11F2N3. The number of aromatic nitrogens is 3. The second-order valence-corrected chi connectivity index (χ2v) is 2.93. The molecule has 68 valence electrons. The van der Waals surface area contributed by atoms with Crippen LogP contribution in [0.4, 0.5) is 8.78 Å². The standard InChI is InChI=1S/C7H11F2N3/c1-4(2)6-10-11-7(5(8)9)12(6)3/h4-5H,1-3H3. The highest BCUT2D eigenvalue weighted by atomic mass is 19.3. The fraction of sp³-hybridized carbons (Fsp3) is 0.714. The fourth-order valence-corrected chi connectivity index (χ4v) is 1.05. The topological polar surface area (TPSA) is 30.7 Å². The lowest BCUT2D eigenvalue weighted by Crippen LogP contribution is -2.03. The molecule has 0 aromatic carbocycles. The maximum Gasteiger partial charge on any atom is 0.297 e. The Morgan fingerprint density at radius 1 is 1.17 bits per heavy atom. The second kappa shape index (κ2) is 3.16. The van der Waals surface area contributed by atoms with Crippen molar-refractivity contribution in [1.82, 2.24) is 14.8 Å². The van der Waals surface area contributed by atoms with E-state index >= 15 is 0 Å². The van der Waals surface area contributed by atoms with E-state index < -0.39 is 6.43 Å². The first-order valence-corrected chi connectivity index (χ1v) is 3.71. The van der Waals surface area contributed by atoms with Crippen LogP contribution in [0.5, 0.6) is 0 Å². The summed E-state index contributed by atoms with van der Waals surface area (Å²) in [5.74, 6) is 0.444. The van der Waals surface area contributed by atoms with Crippen molar-refractivity contribution in [3.05, 3.63) is 11.6 Å². The quantitative estimate of drug-likeness (QED) is 0.687. The first-order chi connectivity index (χ1) is 5.54. The van der Waals surface area contributed by atoms with Crippen LogP contribution < -0.4 is 0 Å². The van der Waals surface area contributed by atoms with Crippen molar-refractivity contribution >= 4 is 0 Å². The summed E-state index contributed by atoms with van der Waals surface area (Å²) < 4.78 is 25.7. The van der Waals surface area contributed by atoms with E-state index in [0.29, 0.717) is 5.82 Å². The molecule has 0 N–H and O–H groups in total. The Morgan fingerprint density at radius 2 is 1.67 bits per heavy atom. The van der Waals surface area contributed by atoms with Crippen LogP contribution in [-0.4, -0.2) is 14.8 Å². The van der Waals surface area contributed by atoms with Crippen molar-refractivity contribution in [2.24, 2.45) is 7.05 Å². The zero-order valence-electron chi connectivity index (χ0n) is 7.25. The number of hydrogen-bond donors (Lipinski definition) is 0. The van der Waals surface area contributed by atoms with Crippen molar-refractivity contribution in [1.29, 1.82) is 0 Å². The fourth-order valence-electron chi connectivity index (χ4n) is 1.05. The van der Waals surface area contributed by atoms with Gasteiger partial charge in [-0.15, -0.1) is 10.2 Å². The molecule has 0 unspecified atom stereocenters. The van der Waals surface area contributed by atoms with Crippen molar-refractivity contribution in [2.45, 2.75) is 26.2 Å². The Morgan fingerprint density at radius 3 is 1.92 bits per heavy atom. The molecule has 0 saturated heterocycles. The smallest absolute Gasteiger partial charge is 0.297 e. The Balaban J connectivity index is 3.04. The summed E-state index contributed by atoms with van der Waals surface area (Å²) in [6, 6.07) is 0. The molecule has 12 heavy (non-hydrogen) atoms. The van der Waals surface area contributed by atoms with Crippen molar-refractivity contribution < 1.29 is 8.78 Å². The van der Waals surface area contributed by atoms with E-state index in [2.05, 4.69) is 10.2 Å². The molecule has 0 amide bonds. The monoisotopic (exact) mass is 175 g/mol. The second-order valence-electron chi connectivity index (χ2n) is 2.93. The Hall–Kier alpha value is -1.00. The minimum atomic E-state index is -2.55. The van der Waals surface area contributed by atoms with Gasteiger partial charge >= 0.3 is 0 Å². The summed E-state index contributed by atoms with van der Waals surface area (Å²) in [5, 5.41) is 7.07. The maximum absolute atomic E-state index is 12.2. The van der Waals surface area contributed by atoms with E-state index in [1.54, 1.807) is 7.05 Å². The van der Waals surface area contributed by atoms with Gasteiger partial charge in [-0.1, -0.05) is 13.8 Å². The van der Waals surface area contributed by atoms with Gasteiger partial charge in [0.25, 0.3) is 6.43 Å². The molecule has 0 spiro atoms. The molecule has 0 aliphatic heterocycles. The van der Waals surface area contributed by atoms with Gasteiger partial charge < -0.3 is 4.57 Å². The summed E-state index contributed by atoms with van der Waals surface area (Å²) in [7, 11) is 1.55. The minimum Gasteiger partial charge on any atom is -0.313 e. The van der Waals surface area contributed by atoms with Crippen LogP contribution in [-0.2, 0) is 7.05 Å². The third-order valence-electron chi connectivity index (χ3n) is 1.65. The molecule has 1 rings (SSSR count). The first-order valence-electron chi connectivity index (χ1n) is 3.71. The predicted octanol–water partition coefficient (Wildman–Crippen LogP) is 1.88. The number of hydrogen-bond acceptors (Lipinski definition) is 2. The largest absolute Gasteiger partial charge is 0.313 e. The number of halogens is 2. The summed E-state index contributed by atoms with van der Waals surface area (Å²) in [4.78, 5) is 0. The Bertz CT molecular complexity index is 242. The van der Waals surface area contributed by atoms with Gasteiger partial charge in [0, 0.05) is 13.0 Å². The normalized spacial score (nSPS) is 11.6. The molecule has 0 aliphatic rings. The third-order valence-corrected chi connectivity index (χ3v) is 1.65. The molecule has 0 fully saturated rings. The molecule has 5 heteroatoms. The van der Waals surface area contributed by atoms with Gasteiger partial charge in [-0.3, -0.25) is 0 Å². The van der Waals surface area contributed by atoms with Gasteiger partial charge in [0.15, 0.2) is 5.82 Å². The summed E-state index contributed by atoms with van der Waals surface area (Å²) in [6.07, 6.45) is -2.55. The Kier molecular flexibility index (Phi) is 2.40. The lowest BCUT2D eigenvalue weighted by atomic mass is 10.2. The van der Waals surface area contributed by atoms with E-state index in [9.17, 15) is 8.78 Å². The Labute approximate surface area is 69.4 Å². The average molecular weight is 175 g/mol. The summed E-state index contributed by atoms with van der Waals surface area (Å²) in [5.41, 5.74) is 0. The lowest BCUT2D eigenvalue weighted by Gasteiger charge is -2.04. The zero-order valence-corrected chi connectivity index (χ0v) is 7.25. The van der Waals surface area contributed by atoms with Crippen molar-refractivity contribution in [2.75, 3.05) is 0 Å². The molecule has 3 nitrogen and oxygen atoms in total. The molecular weight excluding hydrogens is 164 g/mol. The predicted molar refractivity (Wildman–Crippen MR) is 40.0 cm³/mol. The molecule has 1 aromatic heterocycles. The van der Waals surface area contributed by atoms with E-state index in [-0.39, 0.29) is 11.7 Å². The number of alkyl halides is 2. The van der Waals surface area contributed by atoms with Crippen LogP contribution in [0, 0.1) is 0 Å².